The Hall–Kier alpha value is -2.28. The van der Waals surface area contributed by atoms with Crippen molar-refractivity contribution in [1.82, 2.24) is 10.2 Å². The van der Waals surface area contributed by atoms with E-state index in [0.29, 0.717) is 24.9 Å². The second-order valence-corrected chi connectivity index (χ2v) is 9.50. The third-order valence-electron chi connectivity index (χ3n) is 5.88. The number of hydrogen-bond donors (Lipinski definition) is 1. The summed E-state index contributed by atoms with van der Waals surface area (Å²) >= 11 is 1.70. The lowest BCUT2D eigenvalue weighted by atomic mass is 10.1. The van der Waals surface area contributed by atoms with Crippen LogP contribution in [0.5, 0.6) is 0 Å². The van der Waals surface area contributed by atoms with E-state index in [1.54, 1.807) is 11.8 Å². The van der Waals surface area contributed by atoms with Crippen LogP contribution in [0.4, 0.5) is 0 Å². The van der Waals surface area contributed by atoms with Crippen molar-refractivity contribution in [2.75, 3.05) is 13.6 Å². The van der Waals surface area contributed by atoms with E-state index >= 15 is 0 Å². The maximum Gasteiger partial charge on any atom is 0.150 e. The Kier molecular flexibility index (Phi) is 9.65. The van der Waals surface area contributed by atoms with E-state index in [2.05, 4.69) is 29.6 Å². The Bertz CT molecular complexity index is 896. The largest absolute Gasteiger partial charge is 0.312 e. The Labute approximate surface area is 195 Å². The Morgan fingerprint density at radius 3 is 2.50 bits per heavy atom. The highest BCUT2D eigenvalue weighted by Crippen LogP contribution is 2.30. The van der Waals surface area contributed by atoms with E-state index in [4.69, 9.17) is 0 Å². The molecule has 1 fully saturated rings. The smallest absolute Gasteiger partial charge is 0.150 e. The van der Waals surface area contributed by atoms with Crippen LogP contribution in [0.3, 0.4) is 0 Å². The van der Waals surface area contributed by atoms with Crippen molar-refractivity contribution in [3.05, 3.63) is 64.7 Å². The van der Waals surface area contributed by atoms with Crippen LogP contribution in [-0.4, -0.2) is 43.4 Å². The van der Waals surface area contributed by atoms with Gasteiger partial charge in [-0.05, 0) is 61.5 Å². The summed E-state index contributed by atoms with van der Waals surface area (Å²) in [5, 5.41) is 3.52. The second kappa shape index (κ2) is 12.7. The molecule has 2 aromatic carbocycles. The average molecular weight is 453 g/mol. The predicted octanol–water partition coefficient (Wildman–Crippen LogP) is 4.27. The van der Waals surface area contributed by atoms with Crippen LogP contribution in [0, 0.1) is 5.92 Å². The van der Waals surface area contributed by atoms with Gasteiger partial charge in [-0.1, -0.05) is 36.4 Å². The standard InChI is InChI=1S/C26H32N2O3S/c1-28(24(18-31)5-3-13-29)16-25-23(17-30)4-2-6-26(25)32-19-22-11-9-21(10-12-22)15-27-14-20-7-8-20/h2,4,6,9-13,17-18,20,24,27H,3,5,7-8,14-16,19H2,1H3. The molecule has 1 aliphatic rings. The number of aldehydes is 3. The van der Waals surface area contributed by atoms with Gasteiger partial charge in [-0.15, -0.1) is 11.8 Å². The normalized spacial score (nSPS) is 14.3. The van der Waals surface area contributed by atoms with Crippen molar-refractivity contribution >= 4 is 30.6 Å². The fraction of sp³-hybridized carbons (Fsp3) is 0.423. The zero-order valence-electron chi connectivity index (χ0n) is 18.7. The molecule has 1 aliphatic carbocycles. The van der Waals surface area contributed by atoms with E-state index in [1.807, 2.05) is 30.1 Å². The monoisotopic (exact) mass is 452 g/mol. The Balaban J connectivity index is 1.62. The summed E-state index contributed by atoms with van der Waals surface area (Å²) in [6.07, 6.45) is 6.13. The third kappa shape index (κ3) is 7.40. The Morgan fingerprint density at radius 2 is 1.84 bits per heavy atom. The van der Waals surface area contributed by atoms with E-state index in [0.717, 1.165) is 54.1 Å². The zero-order chi connectivity index (χ0) is 22.8. The number of thioether (sulfide) groups is 1. The van der Waals surface area contributed by atoms with Gasteiger partial charge in [0, 0.05) is 35.7 Å². The van der Waals surface area contributed by atoms with Crippen LogP contribution in [0.2, 0.25) is 0 Å². The highest BCUT2D eigenvalue weighted by molar-refractivity contribution is 7.98. The van der Waals surface area contributed by atoms with Crippen molar-refractivity contribution in [1.29, 1.82) is 0 Å². The minimum atomic E-state index is -0.348. The summed E-state index contributed by atoms with van der Waals surface area (Å²) in [7, 11) is 1.86. The summed E-state index contributed by atoms with van der Waals surface area (Å²) in [4.78, 5) is 36.8. The fourth-order valence-corrected chi connectivity index (χ4v) is 4.70. The molecule has 170 valence electrons. The molecule has 0 aliphatic heterocycles. The first-order chi connectivity index (χ1) is 15.6. The topological polar surface area (TPSA) is 66.5 Å². The van der Waals surface area contributed by atoms with Gasteiger partial charge < -0.3 is 14.9 Å². The molecule has 1 N–H and O–H groups in total. The van der Waals surface area contributed by atoms with E-state index < -0.39 is 0 Å². The van der Waals surface area contributed by atoms with Crippen molar-refractivity contribution in [2.45, 2.75) is 55.5 Å². The number of nitrogens with one attached hydrogen (secondary N) is 1. The van der Waals surface area contributed by atoms with Gasteiger partial charge in [0.05, 0.1) is 6.04 Å². The summed E-state index contributed by atoms with van der Waals surface area (Å²) in [6, 6.07) is 14.1. The van der Waals surface area contributed by atoms with Crippen LogP contribution in [-0.2, 0) is 28.4 Å². The number of benzene rings is 2. The summed E-state index contributed by atoms with van der Waals surface area (Å²) in [6.45, 7) is 2.50. The predicted molar refractivity (Wildman–Crippen MR) is 129 cm³/mol. The molecule has 1 unspecified atom stereocenters. The molecular formula is C26H32N2O3S. The van der Waals surface area contributed by atoms with Crippen molar-refractivity contribution in [2.24, 2.45) is 5.92 Å². The first-order valence-corrected chi connectivity index (χ1v) is 12.2. The lowest BCUT2D eigenvalue weighted by Gasteiger charge is -2.25. The minimum Gasteiger partial charge on any atom is -0.312 e. The number of likely N-dealkylation sites (N-methyl/N-ethyl adjacent to an activating group) is 1. The zero-order valence-corrected chi connectivity index (χ0v) is 19.5. The van der Waals surface area contributed by atoms with Gasteiger partial charge in [-0.2, -0.15) is 0 Å². The molecule has 3 rings (SSSR count). The number of nitrogens with zero attached hydrogens (tertiary/aromatic N) is 1. The molecule has 0 spiro atoms. The molecule has 0 aromatic heterocycles. The maximum absolute atomic E-state index is 11.7. The van der Waals surface area contributed by atoms with E-state index in [9.17, 15) is 14.4 Å². The number of carbonyl (C=O) groups excluding carboxylic acids is 3. The van der Waals surface area contributed by atoms with Crippen molar-refractivity contribution in [3.8, 4) is 0 Å². The number of rotatable bonds is 15. The molecule has 2 aromatic rings. The second-order valence-electron chi connectivity index (χ2n) is 8.48. The van der Waals surface area contributed by atoms with Crippen LogP contribution in [0.1, 0.15) is 52.7 Å². The maximum atomic E-state index is 11.7. The van der Waals surface area contributed by atoms with Gasteiger partial charge in [0.15, 0.2) is 0 Å². The first-order valence-electron chi connectivity index (χ1n) is 11.2. The van der Waals surface area contributed by atoms with Crippen LogP contribution in [0.25, 0.3) is 0 Å². The van der Waals surface area contributed by atoms with Crippen LogP contribution < -0.4 is 5.32 Å². The molecule has 0 saturated heterocycles. The summed E-state index contributed by atoms with van der Waals surface area (Å²) in [5.41, 5.74) is 4.08. The quantitative estimate of drug-likeness (QED) is 0.322. The van der Waals surface area contributed by atoms with Gasteiger partial charge in [0.2, 0.25) is 0 Å². The summed E-state index contributed by atoms with van der Waals surface area (Å²) in [5.74, 6) is 1.68. The van der Waals surface area contributed by atoms with Gasteiger partial charge >= 0.3 is 0 Å². The van der Waals surface area contributed by atoms with E-state index in [1.165, 1.54) is 24.0 Å². The SMILES string of the molecule is CN(Cc1c(C=O)cccc1SCc1ccc(CNCC2CC2)cc1)C(C=O)CCC=O. The lowest BCUT2D eigenvalue weighted by molar-refractivity contribution is -0.113. The molecule has 0 radical (unpaired) electrons. The molecule has 1 saturated carbocycles. The molecule has 5 nitrogen and oxygen atoms in total. The summed E-state index contributed by atoms with van der Waals surface area (Å²) < 4.78 is 0. The molecule has 1 atom stereocenters. The average Bonchev–Trinajstić information content (AvgIpc) is 3.64. The van der Waals surface area contributed by atoms with E-state index in [-0.39, 0.29) is 6.04 Å². The van der Waals surface area contributed by atoms with Gasteiger partial charge in [0.25, 0.3) is 0 Å². The lowest BCUT2D eigenvalue weighted by Crippen LogP contribution is -2.33. The molecule has 32 heavy (non-hydrogen) atoms. The van der Waals surface area contributed by atoms with Crippen LogP contribution in [0.15, 0.2) is 47.4 Å². The van der Waals surface area contributed by atoms with Crippen molar-refractivity contribution < 1.29 is 14.4 Å². The van der Waals surface area contributed by atoms with Crippen LogP contribution >= 0.6 is 11.8 Å². The molecular weight excluding hydrogens is 420 g/mol. The first kappa shape index (κ1) is 24.4. The minimum absolute atomic E-state index is 0.344. The fourth-order valence-electron chi connectivity index (χ4n) is 3.65. The molecule has 0 amide bonds. The van der Waals surface area contributed by atoms with Gasteiger partial charge in [0.1, 0.15) is 18.9 Å². The van der Waals surface area contributed by atoms with Gasteiger partial charge in [-0.3, -0.25) is 9.69 Å². The Morgan fingerprint density at radius 1 is 1.09 bits per heavy atom. The molecule has 0 heterocycles. The number of hydrogen-bond acceptors (Lipinski definition) is 6. The molecule has 6 heteroatoms. The third-order valence-corrected chi connectivity index (χ3v) is 7.05. The van der Waals surface area contributed by atoms with Gasteiger partial charge in [-0.25, -0.2) is 0 Å². The highest BCUT2D eigenvalue weighted by Gasteiger charge is 2.20. The molecule has 0 bridgehead atoms. The number of carbonyl (C=O) groups is 3. The highest BCUT2D eigenvalue weighted by atomic mass is 32.2. The van der Waals surface area contributed by atoms with Crippen molar-refractivity contribution in [3.63, 3.8) is 0 Å².